The van der Waals surface area contributed by atoms with Gasteiger partial charge in [0.25, 0.3) is 0 Å². The number of nitrogens with zero attached hydrogens (tertiary/aromatic N) is 3. The van der Waals surface area contributed by atoms with Crippen molar-refractivity contribution in [2.45, 2.75) is 51.1 Å². The van der Waals surface area contributed by atoms with Crippen LogP contribution in [-0.2, 0) is 10.0 Å². The molecule has 0 aliphatic rings. The van der Waals surface area contributed by atoms with Gasteiger partial charge in [-0.25, -0.2) is 27.1 Å². The molecule has 0 amide bonds. The van der Waals surface area contributed by atoms with Crippen molar-refractivity contribution in [2.24, 2.45) is 0 Å². The summed E-state index contributed by atoms with van der Waals surface area (Å²) in [5.41, 5.74) is 1.86. The van der Waals surface area contributed by atoms with Crippen LogP contribution >= 0.6 is 0 Å². The molecular formula is C22H30FN3O6S. The number of hydrogen-bond donors (Lipinski definition) is 4. The topological polar surface area (TPSA) is 144 Å². The highest BCUT2D eigenvalue weighted by Gasteiger charge is 2.22. The molecule has 1 heterocycles. The molecule has 33 heavy (non-hydrogen) atoms. The van der Waals surface area contributed by atoms with E-state index in [1.165, 1.54) is 37.4 Å². The van der Waals surface area contributed by atoms with Gasteiger partial charge in [-0.2, -0.15) is 0 Å². The molecule has 9 nitrogen and oxygen atoms in total. The van der Waals surface area contributed by atoms with Gasteiger partial charge in [0.15, 0.2) is 6.29 Å². The maximum absolute atomic E-state index is 13.5. The number of sulfonamides is 1. The first-order chi connectivity index (χ1) is 15.3. The second kappa shape index (κ2) is 11.1. The molecule has 1 aromatic heterocycles. The molecule has 2 atom stereocenters. The van der Waals surface area contributed by atoms with Gasteiger partial charge in [0, 0.05) is 31.0 Å². The lowest BCUT2D eigenvalue weighted by Gasteiger charge is -2.20. The van der Waals surface area contributed by atoms with Crippen LogP contribution in [0.2, 0.25) is 0 Å². The van der Waals surface area contributed by atoms with E-state index in [9.17, 15) is 23.0 Å². The monoisotopic (exact) mass is 483 g/mol. The van der Waals surface area contributed by atoms with Gasteiger partial charge in [-0.3, -0.25) is 0 Å². The molecular weight excluding hydrogens is 453 g/mol. The Kier molecular flexibility index (Phi) is 9.04. The van der Waals surface area contributed by atoms with Gasteiger partial charge in [0.1, 0.15) is 5.82 Å². The number of rotatable bonds is 10. The average Bonchev–Trinajstić information content (AvgIpc) is 2.70. The van der Waals surface area contributed by atoms with Crippen LogP contribution in [0.1, 0.15) is 43.9 Å². The van der Waals surface area contributed by atoms with Crippen molar-refractivity contribution in [3.8, 4) is 11.3 Å². The molecule has 0 radical (unpaired) electrons. The maximum Gasteiger partial charge on any atom is 0.239 e. The fourth-order valence-corrected chi connectivity index (χ4v) is 3.48. The van der Waals surface area contributed by atoms with E-state index in [1.54, 1.807) is 6.08 Å². The molecule has 0 aliphatic heterocycles. The Morgan fingerprint density at radius 2 is 1.67 bits per heavy atom. The molecule has 0 fully saturated rings. The summed E-state index contributed by atoms with van der Waals surface area (Å²) >= 11 is 0. The Balaban J connectivity index is 2.60. The zero-order chi connectivity index (χ0) is 24.9. The van der Waals surface area contributed by atoms with Crippen molar-refractivity contribution in [2.75, 3.05) is 17.6 Å². The smallest absolute Gasteiger partial charge is 0.239 e. The molecule has 0 saturated heterocycles. The molecule has 0 unspecified atom stereocenters. The summed E-state index contributed by atoms with van der Waals surface area (Å²) in [7, 11) is -2.31. The summed E-state index contributed by atoms with van der Waals surface area (Å²) in [5.74, 6) is -0.658. The molecule has 0 spiro atoms. The average molecular weight is 484 g/mol. The first-order valence-electron chi connectivity index (χ1n) is 10.3. The van der Waals surface area contributed by atoms with Crippen LogP contribution in [0.3, 0.4) is 0 Å². The Hall–Kier alpha value is -2.44. The van der Waals surface area contributed by atoms with E-state index >= 15 is 0 Å². The zero-order valence-electron chi connectivity index (χ0n) is 18.9. The first kappa shape index (κ1) is 26.8. The van der Waals surface area contributed by atoms with Crippen molar-refractivity contribution in [1.29, 1.82) is 0 Å². The summed E-state index contributed by atoms with van der Waals surface area (Å²) in [6, 6.07) is 5.52. The number of aliphatic hydroxyl groups is 4. The van der Waals surface area contributed by atoms with Crippen LogP contribution in [0.5, 0.6) is 0 Å². The van der Waals surface area contributed by atoms with E-state index in [4.69, 9.17) is 10.2 Å². The quantitative estimate of drug-likeness (QED) is 0.373. The largest absolute Gasteiger partial charge is 0.393 e. The first-order valence-corrected chi connectivity index (χ1v) is 12.2. The number of anilines is 1. The highest BCUT2D eigenvalue weighted by Crippen LogP contribution is 2.31. The zero-order valence-corrected chi connectivity index (χ0v) is 19.7. The molecule has 11 heteroatoms. The van der Waals surface area contributed by atoms with Crippen molar-refractivity contribution in [1.82, 2.24) is 9.97 Å². The van der Waals surface area contributed by atoms with Gasteiger partial charge in [-0.1, -0.05) is 26.0 Å². The van der Waals surface area contributed by atoms with Crippen molar-refractivity contribution < 1.29 is 33.2 Å². The van der Waals surface area contributed by atoms with E-state index in [2.05, 4.69) is 9.97 Å². The van der Waals surface area contributed by atoms with Crippen molar-refractivity contribution in [3.63, 3.8) is 0 Å². The normalized spacial score (nSPS) is 14.3. The van der Waals surface area contributed by atoms with Crippen LogP contribution in [0.15, 0.2) is 30.3 Å². The van der Waals surface area contributed by atoms with Crippen LogP contribution in [0.25, 0.3) is 17.3 Å². The SMILES string of the molecule is CC(C)c1nc(N(C)S(C)(=O)=O)nc(-c2ccc(F)cc2)c1C=C[C@@H](O)C[C@@H](O)CC(O)O. The second-order valence-corrected chi connectivity index (χ2v) is 10.1. The third-order valence-corrected chi connectivity index (χ3v) is 6.05. The van der Waals surface area contributed by atoms with Crippen molar-refractivity contribution in [3.05, 3.63) is 47.4 Å². The van der Waals surface area contributed by atoms with Crippen LogP contribution in [0.4, 0.5) is 10.3 Å². The van der Waals surface area contributed by atoms with Crippen LogP contribution in [-0.4, -0.2) is 70.6 Å². The predicted octanol–water partition coefficient (Wildman–Crippen LogP) is 1.63. The van der Waals surface area contributed by atoms with Crippen LogP contribution < -0.4 is 4.31 Å². The van der Waals surface area contributed by atoms with E-state index in [1.807, 2.05) is 13.8 Å². The number of hydrogen-bond acceptors (Lipinski definition) is 8. The van der Waals surface area contributed by atoms with E-state index in [0.717, 1.165) is 10.6 Å². The lowest BCUT2D eigenvalue weighted by atomic mass is 9.97. The second-order valence-electron chi connectivity index (χ2n) is 8.10. The summed E-state index contributed by atoms with van der Waals surface area (Å²) < 4.78 is 38.6. The van der Waals surface area contributed by atoms with Gasteiger partial charge in [0.2, 0.25) is 16.0 Å². The van der Waals surface area contributed by atoms with Gasteiger partial charge in [-0.05, 0) is 30.2 Å². The Morgan fingerprint density at radius 1 is 1.06 bits per heavy atom. The summed E-state index contributed by atoms with van der Waals surface area (Å²) in [4.78, 5) is 8.86. The number of benzene rings is 1. The lowest BCUT2D eigenvalue weighted by molar-refractivity contribution is -0.0739. The summed E-state index contributed by atoms with van der Waals surface area (Å²) in [6.07, 6.45) is -0.379. The van der Waals surface area contributed by atoms with Crippen molar-refractivity contribution >= 4 is 22.0 Å². The molecule has 2 rings (SSSR count). The fourth-order valence-electron chi connectivity index (χ4n) is 3.10. The third-order valence-electron chi connectivity index (χ3n) is 4.89. The predicted molar refractivity (Wildman–Crippen MR) is 123 cm³/mol. The summed E-state index contributed by atoms with van der Waals surface area (Å²) in [6.45, 7) is 3.72. The molecule has 2 aromatic rings. The van der Waals surface area contributed by atoms with Gasteiger partial charge in [-0.15, -0.1) is 0 Å². The number of aromatic nitrogens is 2. The minimum absolute atomic E-state index is 0.0504. The lowest BCUT2D eigenvalue weighted by Crippen LogP contribution is -2.27. The van der Waals surface area contributed by atoms with Crippen LogP contribution in [0, 0.1) is 5.82 Å². The molecule has 1 aromatic carbocycles. The van der Waals surface area contributed by atoms with E-state index in [0.29, 0.717) is 22.5 Å². The molecule has 182 valence electrons. The molecule has 0 saturated carbocycles. The highest BCUT2D eigenvalue weighted by molar-refractivity contribution is 7.92. The minimum Gasteiger partial charge on any atom is -0.393 e. The Morgan fingerprint density at radius 3 is 2.18 bits per heavy atom. The Labute approximate surface area is 192 Å². The number of halogens is 1. The van der Waals surface area contributed by atoms with E-state index in [-0.39, 0.29) is 24.7 Å². The minimum atomic E-state index is -3.64. The van der Waals surface area contributed by atoms with Gasteiger partial charge >= 0.3 is 0 Å². The fraction of sp³-hybridized carbons (Fsp3) is 0.455. The Bertz CT molecular complexity index is 1070. The molecule has 4 N–H and O–H groups in total. The molecule has 0 aliphatic carbocycles. The third kappa shape index (κ3) is 7.54. The van der Waals surface area contributed by atoms with Gasteiger partial charge < -0.3 is 20.4 Å². The van der Waals surface area contributed by atoms with E-state index < -0.39 is 34.3 Å². The summed E-state index contributed by atoms with van der Waals surface area (Å²) in [5, 5.41) is 38.0. The highest BCUT2D eigenvalue weighted by atomic mass is 32.2. The number of aliphatic hydroxyl groups excluding tert-OH is 3. The maximum atomic E-state index is 13.5. The standard InChI is InChI=1S/C22H30FN3O6S/c1-13(2)20-18(10-9-16(27)11-17(28)12-19(29)30)21(14-5-7-15(23)8-6-14)25-22(24-20)26(3)33(4,31)32/h5-10,13,16-17,19,27-30H,11-12H2,1-4H3/t16-,17-/m1/s1. The van der Waals surface area contributed by atoms with Gasteiger partial charge in [0.05, 0.1) is 29.9 Å². The molecule has 0 bridgehead atoms.